The van der Waals surface area contributed by atoms with E-state index >= 15 is 0 Å². The molecule has 1 aromatic rings. The van der Waals surface area contributed by atoms with Crippen LogP contribution in [0.4, 0.5) is 23.7 Å². The van der Waals surface area contributed by atoms with Crippen LogP contribution < -0.4 is 5.32 Å². The summed E-state index contributed by atoms with van der Waals surface area (Å²) in [4.78, 5) is 10.2. The molecule has 16 heavy (non-hydrogen) atoms. The Balaban J connectivity index is 2.83. The fraction of sp³-hybridized carbons (Fsp3) is 0.222. The minimum Gasteiger partial charge on any atom is -0.465 e. The molecule has 0 aliphatic rings. The Morgan fingerprint density at radius 1 is 1.25 bits per heavy atom. The maximum atomic E-state index is 12.1. The topological polar surface area (TPSA) is 69.6 Å². The molecule has 0 radical (unpaired) electrons. The van der Waals surface area contributed by atoms with Gasteiger partial charge in [0.2, 0.25) is 0 Å². The minimum absolute atomic E-state index is 0.130. The van der Waals surface area contributed by atoms with Crippen LogP contribution in [0.5, 0.6) is 0 Å². The van der Waals surface area contributed by atoms with E-state index in [1.807, 2.05) is 5.32 Å². The van der Waals surface area contributed by atoms with Gasteiger partial charge in [0.25, 0.3) is 0 Å². The van der Waals surface area contributed by atoms with E-state index in [1.54, 1.807) is 0 Å². The van der Waals surface area contributed by atoms with Gasteiger partial charge in [-0.15, -0.1) is 0 Å². The first-order chi connectivity index (χ1) is 7.30. The molecule has 0 saturated carbocycles. The molecule has 0 saturated heterocycles. The average molecular weight is 235 g/mol. The van der Waals surface area contributed by atoms with Gasteiger partial charge in [-0.05, 0) is 17.7 Å². The van der Waals surface area contributed by atoms with Gasteiger partial charge in [0.15, 0.2) is 6.10 Å². The largest absolute Gasteiger partial charge is 0.465 e. The number of anilines is 1. The highest BCUT2D eigenvalue weighted by Gasteiger charge is 2.39. The van der Waals surface area contributed by atoms with Crippen LogP contribution in [0.1, 0.15) is 11.7 Å². The number of carboxylic acid groups (broad SMARTS) is 1. The zero-order chi connectivity index (χ0) is 12.3. The lowest BCUT2D eigenvalue weighted by Gasteiger charge is -2.14. The molecule has 3 N–H and O–H groups in total. The van der Waals surface area contributed by atoms with Crippen molar-refractivity contribution in [1.82, 2.24) is 0 Å². The van der Waals surface area contributed by atoms with Gasteiger partial charge >= 0.3 is 12.3 Å². The van der Waals surface area contributed by atoms with Gasteiger partial charge in [-0.3, -0.25) is 5.32 Å². The highest BCUT2D eigenvalue weighted by atomic mass is 19.4. The molecule has 1 amide bonds. The number of nitrogens with one attached hydrogen (secondary N) is 1. The van der Waals surface area contributed by atoms with Gasteiger partial charge in [0.05, 0.1) is 0 Å². The molecule has 7 heteroatoms. The summed E-state index contributed by atoms with van der Waals surface area (Å²) in [6.45, 7) is 0. The van der Waals surface area contributed by atoms with Crippen molar-refractivity contribution in [3.8, 4) is 0 Å². The maximum absolute atomic E-state index is 12.1. The third-order valence-corrected chi connectivity index (χ3v) is 1.79. The van der Waals surface area contributed by atoms with Gasteiger partial charge in [-0.2, -0.15) is 13.2 Å². The highest BCUT2D eigenvalue weighted by molar-refractivity contribution is 5.82. The van der Waals surface area contributed by atoms with Crippen molar-refractivity contribution in [1.29, 1.82) is 0 Å². The highest BCUT2D eigenvalue weighted by Crippen LogP contribution is 2.32. The number of aliphatic hydroxyl groups is 1. The molecule has 0 aliphatic carbocycles. The summed E-state index contributed by atoms with van der Waals surface area (Å²) in [6.07, 6.45) is -8.61. The van der Waals surface area contributed by atoms with Crippen molar-refractivity contribution in [3.63, 3.8) is 0 Å². The van der Waals surface area contributed by atoms with Crippen molar-refractivity contribution in [2.45, 2.75) is 12.3 Å². The Morgan fingerprint density at radius 2 is 1.75 bits per heavy atom. The third-order valence-electron chi connectivity index (χ3n) is 1.79. The monoisotopic (exact) mass is 235 g/mol. The zero-order valence-electron chi connectivity index (χ0n) is 7.82. The smallest absolute Gasteiger partial charge is 0.418 e. The van der Waals surface area contributed by atoms with Crippen molar-refractivity contribution in [2.24, 2.45) is 0 Å². The Hall–Kier alpha value is -1.76. The number of amides is 1. The van der Waals surface area contributed by atoms with Gasteiger partial charge in [-0.1, -0.05) is 12.1 Å². The molecule has 0 aliphatic heterocycles. The standard InChI is InChI=1S/C9H8F3NO3/c10-9(11,12)7(14)5-1-3-6(4-2-5)13-8(15)16/h1-4,7,13-14H,(H,15,16). The SMILES string of the molecule is O=C(O)Nc1ccc(C(O)C(F)(F)F)cc1. The van der Waals surface area contributed by atoms with Crippen LogP contribution in [0.25, 0.3) is 0 Å². The first kappa shape index (κ1) is 12.3. The van der Waals surface area contributed by atoms with E-state index < -0.39 is 18.4 Å². The van der Waals surface area contributed by atoms with Crippen LogP contribution in [-0.4, -0.2) is 22.5 Å². The second kappa shape index (κ2) is 4.40. The summed E-state index contributed by atoms with van der Waals surface area (Å²) in [6, 6.07) is 4.28. The maximum Gasteiger partial charge on any atom is 0.418 e. The Bertz CT molecular complexity index is 375. The van der Waals surface area contributed by atoms with Gasteiger partial charge in [0.1, 0.15) is 0 Å². The van der Waals surface area contributed by atoms with E-state index in [1.165, 1.54) is 0 Å². The third kappa shape index (κ3) is 3.13. The predicted octanol–water partition coefficient (Wildman–Crippen LogP) is 2.37. The Morgan fingerprint density at radius 3 is 2.12 bits per heavy atom. The number of benzene rings is 1. The fourth-order valence-electron chi connectivity index (χ4n) is 1.06. The molecule has 1 unspecified atom stereocenters. The normalized spacial score (nSPS) is 13.2. The van der Waals surface area contributed by atoms with Crippen LogP contribution in [0.15, 0.2) is 24.3 Å². The molecule has 0 spiro atoms. The molecule has 0 aromatic heterocycles. The lowest BCUT2D eigenvalue weighted by atomic mass is 10.1. The predicted molar refractivity (Wildman–Crippen MR) is 49.1 cm³/mol. The van der Waals surface area contributed by atoms with Gasteiger partial charge in [0, 0.05) is 5.69 Å². The van der Waals surface area contributed by atoms with Crippen molar-refractivity contribution >= 4 is 11.8 Å². The second-order valence-corrected chi connectivity index (χ2v) is 3.00. The molecule has 0 bridgehead atoms. The van der Waals surface area contributed by atoms with Crippen molar-refractivity contribution < 1.29 is 28.2 Å². The van der Waals surface area contributed by atoms with Crippen LogP contribution in [0.3, 0.4) is 0 Å². The molecule has 88 valence electrons. The second-order valence-electron chi connectivity index (χ2n) is 3.00. The van der Waals surface area contributed by atoms with E-state index in [0.717, 1.165) is 24.3 Å². The van der Waals surface area contributed by atoms with Crippen LogP contribution >= 0.6 is 0 Å². The van der Waals surface area contributed by atoms with E-state index in [2.05, 4.69) is 0 Å². The van der Waals surface area contributed by atoms with E-state index in [4.69, 9.17) is 10.2 Å². The van der Waals surface area contributed by atoms with Crippen molar-refractivity contribution in [3.05, 3.63) is 29.8 Å². The number of halogens is 3. The summed E-state index contributed by atoms with van der Waals surface area (Å²) in [5, 5.41) is 19.2. The van der Waals surface area contributed by atoms with Crippen LogP contribution in [0, 0.1) is 0 Å². The molecular weight excluding hydrogens is 227 g/mol. The summed E-state index contributed by atoms with van der Waals surface area (Å²) in [5.74, 6) is 0. The summed E-state index contributed by atoms with van der Waals surface area (Å²) < 4.78 is 36.3. The van der Waals surface area contributed by atoms with E-state index in [9.17, 15) is 18.0 Å². The Kier molecular flexibility index (Phi) is 3.38. The molecule has 4 nitrogen and oxygen atoms in total. The average Bonchev–Trinajstić information content (AvgIpc) is 2.15. The van der Waals surface area contributed by atoms with Gasteiger partial charge < -0.3 is 10.2 Å². The number of hydrogen-bond acceptors (Lipinski definition) is 2. The minimum atomic E-state index is -4.73. The summed E-state index contributed by atoms with van der Waals surface area (Å²) in [7, 11) is 0. The summed E-state index contributed by atoms with van der Waals surface area (Å²) in [5.41, 5.74) is -0.214. The first-order valence-electron chi connectivity index (χ1n) is 4.15. The summed E-state index contributed by atoms with van der Waals surface area (Å²) >= 11 is 0. The number of aliphatic hydroxyl groups excluding tert-OH is 1. The molecule has 1 atom stereocenters. The van der Waals surface area contributed by atoms with E-state index in [0.29, 0.717) is 0 Å². The lowest BCUT2D eigenvalue weighted by Crippen LogP contribution is -2.20. The quantitative estimate of drug-likeness (QED) is 0.737. The van der Waals surface area contributed by atoms with Crippen LogP contribution in [0.2, 0.25) is 0 Å². The number of alkyl halides is 3. The van der Waals surface area contributed by atoms with Gasteiger partial charge in [-0.25, -0.2) is 4.79 Å². The molecule has 1 rings (SSSR count). The first-order valence-corrected chi connectivity index (χ1v) is 4.15. The molecule has 0 heterocycles. The molecule has 0 fully saturated rings. The van der Waals surface area contributed by atoms with Crippen molar-refractivity contribution in [2.75, 3.05) is 5.32 Å². The lowest BCUT2D eigenvalue weighted by molar-refractivity contribution is -0.206. The molecule has 1 aromatic carbocycles. The number of hydrogen-bond donors (Lipinski definition) is 3. The van der Waals surface area contributed by atoms with E-state index in [-0.39, 0.29) is 11.3 Å². The number of rotatable bonds is 2. The zero-order valence-corrected chi connectivity index (χ0v) is 7.82. The Labute approximate surface area is 88.3 Å². The number of carbonyl (C=O) groups is 1. The fourth-order valence-corrected chi connectivity index (χ4v) is 1.06. The van der Waals surface area contributed by atoms with Crippen LogP contribution in [-0.2, 0) is 0 Å². The molecular formula is C9H8F3NO3.